The van der Waals surface area contributed by atoms with Crippen LogP contribution in [-0.4, -0.2) is 31.4 Å². The molecule has 0 heterocycles. The second-order valence-corrected chi connectivity index (χ2v) is 7.09. The van der Waals surface area contributed by atoms with Crippen molar-refractivity contribution in [3.05, 3.63) is 28.5 Å². The van der Waals surface area contributed by atoms with Gasteiger partial charge in [0.25, 0.3) is 0 Å². The summed E-state index contributed by atoms with van der Waals surface area (Å²) in [5.41, 5.74) is -1.46. The van der Waals surface area contributed by atoms with E-state index >= 15 is 0 Å². The van der Waals surface area contributed by atoms with Crippen LogP contribution in [0.3, 0.4) is 0 Å². The Morgan fingerprint density at radius 1 is 1.41 bits per heavy atom. The number of amides is 1. The molecule has 0 fully saturated rings. The van der Waals surface area contributed by atoms with Crippen molar-refractivity contribution < 1.29 is 22.7 Å². The predicted molar refractivity (Wildman–Crippen MR) is 82.5 cm³/mol. The lowest BCUT2D eigenvalue weighted by Gasteiger charge is -2.17. The number of benzene rings is 1. The summed E-state index contributed by atoms with van der Waals surface area (Å²) in [5.74, 6) is -1.02. The van der Waals surface area contributed by atoms with E-state index in [1.807, 2.05) is 5.32 Å². The maximum absolute atomic E-state index is 14.1. The maximum atomic E-state index is 14.1. The van der Waals surface area contributed by atoms with Crippen LogP contribution in [0.1, 0.15) is 26.3 Å². The van der Waals surface area contributed by atoms with Crippen molar-refractivity contribution in [2.24, 2.45) is 4.40 Å². The molecule has 0 atom stereocenters. The Morgan fingerprint density at radius 3 is 2.50 bits per heavy atom. The van der Waals surface area contributed by atoms with Crippen molar-refractivity contribution in [2.45, 2.75) is 26.3 Å². The summed E-state index contributed by atoms with van der Waals surface area (Å²) in [4.78, 5) is 10.5. The molecule has 1 aromatic rings. The number of halogens is 2. The molecule has 1 amide bonds. The third kappa shape index (κ3) is 5.58. The molecule has 0 spiro atoms. The van der Waals surface area contributed by atoms with Gasteiger partial charge in [-0.1, -0.05) is 11.6 Å². The highest BCUT2D eigenvalue weighted by Crippen LogP contribution is 2.24. The second kappa shape index (κ2) is 6.59. The minimum Gasteiger partial charge on any atom is -0.465 e. The Bertz CT molecular complexity index is 714. The van der Waals surface area contributed by atoms with Crippen LogP contribution in [0.15, 0.2) is 16.5 Å². The summed E-state index contributed by atoms with van der Waals surface area (Å²) in [6.07, 6.45) is -0.746. The van der Waals surface area contributed by atoms with Crippen molar-refractivity contribution in [3.63, 3.8) is 0 Å². The van der Waals surface area contributed by atoms with Crippen LogP contribution in [0.25, 0.3) is 0 Å². The Balaban J connectivity index is 3.17. The highest BCUT2D eigenvalue weighted by atomic mass is 35.5. The van der Waals surface area contributed by atoms with Gasteiger partial charge in [-0.05, 0) is 32.9 Å². The van der Waals surface area contributed by atoms with E-state index in [0.29, 0.717) is 0 Å². The molecular formula is C12H15ClFN3O4S. The molecule has 10 heteroatoms. The first-order chi connectivity index (χ1) is 9.91. The largest absolute Gasteiger partial charge is 0.465 e. The second-order valence-electron chi connectivity index (χ2n) is 5.31. The first-order valence-electron chi connectivity index (χ1n) is 5.98. The minimum absolute atomic E-state index is 0.108. The average molecular weight is 352 g/mol. The number of nitrogens with one attached hydrogen (secondary N) is 2. The van der Waals surface area contributed by atoms with Crippen LogP contribution in [0, 0.1) is 5.82 Å². The highest BCUT2D eigenvalue weighted by molar-refractivity contribution is 7.88. The van der Waals surface area contributed by atoms with E-state index in [2.05, 4.69) is 9.12 Å². The van der Waals surface area contributed by atoms with Gasteiger partial charge in [0.1, 0.15) is 0 Å². The zero-order valence-electron chi connectivity index (χ0n) is 12.0. The van der Waals surface area contributed by atoms with E-state index in [-0.39, 0.29) is 16.3 Å². The summed E-state index contributed by atoms with van der Waals surface area (Å²) >= 11 is 5.78. The summed E-state index contributed by atoms with van der Waals surface area (Å²) in [6.45, 7) is 4.85. The summed E-state index contributed by atoms with van der Waals surface area (Å²) in [7, 11) is -4.05. The monoisotopic (exact) mass is 351 g/mol. The molecule has 7 nitrogen and oxygen atoms in total. The van der Waals surface area contributed by atoms with Gasteiger partial charge in [-0.3, -0.25) is 5.32 Å². The number of carbonyl (C=O) groups is 1. The van der Waals surface area contributed by atoms with Crippen LogP contribution < -0.4 is 10.0 Å². The van der Waals surface area contributed by atoms with Crippen molar-refractivity contribution >= 4 is 39.8 Å². The lowest BCUT2D eigenvalue weighted by atomic mass is 10.1. The molecule has 22 heavy (non-hydrogen) atoms. The molecule has 0 aliphatic carbocycles. The molecule has 122 valence electrons. The third-order valence-corrected chi connectivity index (χ3v) is 3.71. The van der Waals surface area contributed by atoms with E-state index in [1.165, 1.54) is 6.07 Å². The number of carboxylic acid groups (broad SMARTS) is 1. The zero-order chi connectivity index (χ0) is 17.1. The number of rotatable bonds is 4. The molecule has 0 aromatic heterocycles. The number of hydrogen-bond acceptors (Lipinski definition) is 3. The smallest absolute Gasteiger partial charge is 0.409 e. The van der Waals surface area contributed by atoms with Gasteiger partial charge in [0.15, 0.2) is 5.82 Å². The molecule has 3 N–H and O–H groups in total. The van der Waals surface area contributed by atoms with E-state index in [9.17, 15) is 17.6 Å². The third-order valence-electron chi connectivity index (χ3n) is 2.12. The number of nitrogens with zero attached hydrogens (tertiary/aromatic N) is 1. The molecule has 1 aromatic carbocycles. The van der Waals surface area contributed by atoms with Crippen LogP contribution in [0.5, 0.6) is 0 Å². The lowest BCUT2D eigenvalue weighted by Crippen LogP contribution is -2.39. The molecule has 0 radical (unpaired) electrons. The molecule has 0 saturated carbocycles. The fourth-order valence-corrected chi connectivity index (χ4v) is 2.70. The highest BCUT2D eigenvalue weighted by Gasteiger charge is 2.19. The van der Waals surface area contributed by atoms with E-state index in [0.717, 1.165) is 12.3 Å². The van der Waals surface area contributed by atoms with Crippen molar-refractivity contribution in [2.75, 3.05) is 5.32 Å². The van der Waals surface area contributed by atoms with Gasteiger partial charge in [-0.2, -0.15) is 17.5 Å². The molecule has 0 saturated heterocycles. The average Bonchev–Trinajstić information content (AvgIpc) is 2.29. The lowest BCUT2D eigenvalue weighted by molar-refractivity contribution is 0.209. The van der Waals surface area contributed by atoms with Crippen LogP contribution in [0.2, 0.25) is 5.02 Å². The van der Waals surface area contributed by atoms with Gasteiger partial charge in [-0.25, -0.2) is 9.18 Å². The fourth-order valence-electron chi connectivity index (χ4n) is 1.43. The molecule has 0 aliphatic heterocycles. The van der Waals surface area contributed by atoms with Crippen LogP contribution in [0.4, 0.5) is 14.9 Å². The summed E-state index contributed by atoms with van der Waals surface area (Å²) < 4.78 is 43.1. The normalized spacial score (nSPS) is 12.6. The Morgan fingerprint density at radius 2 is 2.00 bits per heavy atom. The molecule has 0 aliphatic rings. The van der Waals surface area contributed by atoms with Crippen molar-refractivity contribution in [1.29, 1.82) is 0 Å². The minimum atomic E-state index is -4.05. The van der Waals surface area contributed by atoms with Gasteiger partial charge < -0.3 is 5.11 Å². The zero-order valence-corrected chi connectivity index (χ0v) is 13.6. The Kier molecular flexibility index (Phi) is 5.49. The molecule has 0 bridgehead atoms. The fraction of sp³-hybridized carbons (Fsp3) is 0.333. The van der Waals surface area contributed by atoms with Gasteiger partial charge in [-0.15, -0.1) is 0 Å². The SMILES string of the molecule is CC(C)(C)NS(=O)(=O)N=Cc1c(Cl)ccc(NC(=O)O)c1F. The van der Waals surface area contributed by atoms with Gasteiger partial charge in [0.05, 0.1) is 22.5 Å². The summed E-state index contributed by atoms with van der Waals surface area (Å²) in [5, 5.41) is 10.3. The number of hydrogen-bond donors (Lipinski definition) is 3. The van der Waals surface area contributed by atoms with E-state index in [1.54, 1.807) is 20.8 Å². The Hall–Kier alpha value is -1.71. The van der Waals surface area contributed by atoms with Gasteiger partial charge in [0, 0.05) is 5.54 Å². The van der Waals surface area contributed by atoms with Gasteiger partial charge in [0.2, 0.25) is 0 Å². The Labute approximate surface area is 132 Å². The molecular weight excluding hydrogens is 337 g/mol. The van der Waals surface area contributed by atoms with Crippen LogP contribution >= 0.6 is 11.6 Å². The maximum Gasteiger partial charge on any atom is 0.409 e. The molecule has 1 rings (SSSR count). The standard InChI is InChI=1S/C12H15ClFN3O4S/c1-12(2,3)17-22(20,21)15-6-7-8(13)4-5-9(10(7)14)16-11(18)19/h4-6,16-17H,1-3H3,(H,18,19). The first kappa shape index (κ1) is 18.3. The van der Waals surface area contributed by atoms with E-state index < -0.39 is 27.7 Å². The summed E-state index contributed by atoms with van der Waals surface area (Å²) in [6, 6.07) is 2.34. The topological polar surface area (TPSA) is 108 Å². The van der Waals surface area contributed by atoms with Gasteiger partial charge >= 0.3 is 16.3 Å². The quantitative estimate of drug-likeness (QED) is 0.724. The van der Waals surface area contributed by atoms with E-state index in [4.69, 9.17) is 16.7 Å². The predicted octanol–water partition coefficient (Wildman–Crippen LogP) is 2.62. The van der Waals surface area contributed by atoms with Crippen LogP contribution in [-0.2, 0) is 10.2 Å². The van der Waals surface area contributed by atoms with Crippen molar-refractivity contribution in [1.82, 2.24) is 4.72 Å². The number of anilines is 1. The van der Waals surface area contributed by atoms with Crippen molar-refractivity contribution in [3.8, 4) is 0 Å². The first-order valence-corrected chi connectivity index (χ1v) is 7.80. The molecule has 0 unspecified atom stereocenters.